The number of carbonyl (C=O) groups excluding carboxylic acids is 1. The van der Waals surface area contributed by atoms with E-state index in [1.54, 1.807) is 24.3 Å². The Morgan fingerprint density at radius 1 is 1.03 bits per heavy atom. The largest absolute Gasteiger partial charge is 0.495 e. The van der Waals surface area contributed by atoms with Gasteiger partial charge in [0.05, 0.1) is 52.7 Å². The molecule has 9 heteroatoms. The Morgan fingerprint density at radius 3 is 2.31 bits per heavy atom. The molecule has 0 amide bonds. The number of benzene rings is 2. The minimum Gasteiger partial charge on any atom is -0.495 e. The molecule has 0 aliphatic rings. The Bertz CT molecular complexity index is 1150. The molecule has 3 aromatic rings. The van der Waals surface area contributed by atoms with Gasteiger partial charge in [0.2, 0.25) is 11.5 Å². The highest BCUT2D eigenvalue weighted by molar-refractivity contribution is 6.16. The molecule has 2 N–H and O–H groups in total. The topological polar surface area (TPSA) is 112 Å². The van der Waals surface area contributed by atoms with Crippen molar-refractivity contribution >= 4 is 16.7 Å². The summed E-state index contributed by atoms with van der Waals surface area (Å²) in [5.74, 6) is 7.19. The Labute approximate surface area is 185 Å². The first kappa shape index (κ1) is 22.9. The van der Waals surface area contributed by atoms with Gasteiger partial charge in [-0.25, -0.2) is 0 Å². The number of nitrogens with zero attached hydrogens (tertiary/aromatic N) is 1. The molecule has 2 aromatic carbocycles. The number of aromatic amines is 1. The maximum atomic E-state index is 13.3. The van der Waals surface area contributed by atoms with Crippen molar-refractivity contribution in [2.45, 2.75) is 0 Å². The van der Waals surface area contributed by atoms with Crippen LogP contribution in [0.25, 0.3) is 10.9 Å². The molecule has 0 unspecified atom stereocenters. The van der Waals surface area contributed by atoms with E-state index in [1.165, 1.54) is 28.4 Å². The minimum atomic E-state index is -0.328. The average Bonchev–Trinajstić information content (AvgIpc) is 3.26. The molecule has 9 nitrogen and oxygen atoms in total. The van der Waals surface area contributed by atoms with Gasteiger partial charge in [-0.3, -0.25) is 9.89 Å². The van der Waals surface area contributed by atoms with Gasteiger partial charge in [-0.05, 0) is 24.3 Å². The van der Waals surface area contributed by atoms with Crippen LogP contribution in [0.5, 0.6) is 23.0 Å². The number of nitrogens with one attached hydrogen (secondary N) is 1. The van der Waals surface area contributed by atoms with Crippen LogP contribution in [0, 0.1) is 11.8 Å². The van der Waals surface area contributed by atoms with Crippen LogP contribution >= 0.6 is 0 Å². The van der Waals surface area contributed by atoms with E-state index in [4.69, 9.17) is 28.8 Å². The fraction of sp³-hybridized carbons (Fsp3) is 0.304. The van der Waals surface area contributed by atoms with E-state index in [-0.39, 0.29) is 31.3 Å². The number of ether oxygens (including phenoxy) is 5. The zero-order valence-electron chi connectivity index (χ0n) is 18.3. The van der Waals surface area contributed by atoms with Gasteiger partial charge in [0.15, 0.2) is 11.5 Å². The van der Waals surface area contributed by atoms with Crippen LogP contribution in [0.1, 0.15) is 21.6 Å². The second kappa shape index (κ2) is 10.5. The Balaban J connectivity index is 2.05. The number of rotatable bonds is 9. The lowest BCUT2D eigenvalue weighted by atomic mass is 10.0. The summed E-state index contributed by atoms with van der Waals surface area (Å²) in [6.45, 7) is 0.270. The van der Waals surface area contributed by atoms with Crippen molar-refractivity contribution in [3.05, 3.63) is 41.1 Å². The summed E-state index contributed by atoms with van der Waals surface area (Å²) in [5.41, 5.74) is 1.66. The Kier molecular flexibility index (Phi) is 7.54. The van der Waals surface area contributed by atoms with Crippen molar-refractivity contribution in [3.8, 4) is 34.8 Å². The van der Waals surface area contributed by atoms with E-state index >= 15 is 0 Å². The lowest BCUT2D eigenvalue weighted by molar-refractivity contribution is 0.103. The summed E-state index contributed by atoms with van der Waals surface area (Å²) in [6.07, 6.45) is 0. The van der Waals surface area contributed by atoms with Gasteiger partial charge in [-0.2, -0.15) is 5.10 Å². The standard InChI is InChI=1S/C23H24N2O7/c1-28-17-8-7-16-20(15(17)6-5-10-32-11-9-26)24-25-21(16)22(27)14-12-18(29-2)23(31-4)19(13-14)30-3/h7-8,12-13,26H,9-11H2,1-4H3,(H,24,25). The maximum Gasteiger partial charge on any atom is 0.214 e. The number of methoxy groups -OCH3 is 4. The van der Waals surface area contributed by atoms with Gasteiger partial charge < -0.3 is 28.8 Å². The fourth-order valence-electron chi connectivity index (χ4n) is 3.20. The van der Waals surface area contributed by atoms with Crippen LogP contribution in [-0.4, -0.2) is 69.3 Å². The van der Waals surface area contributed by atoms with E-state index in [9.17, 15) is 4.79 Å². The highest BCUT2D eigenvalue weighted by atomic mass is 16.5. The molecule has 0 bridgehead atoms. The molecule has 0 saturated heterocycles. The van der Waals surface area contributed by atoms with Crippen molar-refractivity contribution in [2.75, 3.05) is 48.3 Å². The number of hydrogen-bond donors (Lipinski definition) is 2. The van der Waals surface area contributed by atoms with Crippen molar-refractivity contribution in [1.29, 1.82) is 0 Å². The first-order valence-corrected chi connectivity index (χ1v) is 9.66. The normalized spacial score (nSPS) is 10.4. The van der Waals surface area contributed by atoms with Crippen molar-refractivity contribution in [2.24, 2.45) is 0 Å². The summed E-state index contributed by atoms with van der Waals surface area (Å²) in [5, 5.41) is 16.5. The number of H-pyrrole nitrogens is 1. The van der Waals surface area contributed by atoms with E-state index in [2.05, 4.69) is 22.0 Å². The second-order valence-electron chi connectivity index (χ2n) is 6.46. The summed E-state index contributed by atoms with van der Waals surface area (Å²) < 4.78 is 26.6. The SMILES string of the molecule is COc1cc(C(=O)c2n[nH]c3c(C#CCOCCO)c(OC)ccc23)cc(OC)c1OC. The maximum absolute atomic E-state index is 13.3. The molecular formula is C23H24N2O7. The highest BCUT2D eigenvalue weighted by Crippen LogP contribution is 2.39. The van der Waals surface area contributed by atoms with E-state index < -0.39 is 0 Å². The summed E-state index contributed by atoms with van der Waals surface area (Å²) in [7, 11) is 5.99. The number of aliphatic hydroxyl groups excluding tert-OH is 1. The van der Waals surface area contributed by atoms with Gasteiger partial charge in [0.1, 0.15) is 18.1 Å². The average molecular weight is 440 g/mol. The van der Waals surface area contributed by atoms with Crippen molar-refractivity contribution < 1.29 is 33.6 Å². The molecule has 0 radical (unpaired) electrons. The predicted molar refractivity (Wildman–Crippen MR) is 117 cm³/mol. The number of hydrogen-bond acceptors (Lipinski definition) is 8. The van der Waals surface area contributed by atoms with Gasteiger partial charge in [0, 0.05) is 10.9 Å². The molecule has 0 aliphatic carbocycles. The number of carbonyl (C=O) groups is 1. The zero-order chi connectivity index (χ0) is 23.1. The third-order valence-corrected chi connectivity index (χ3v) is 4.69. The molecule has 0 spiro atoms. The fourth-order valence-corrected chi connectivity index (χ4v) is 3.20. The summed E-state index contributed by atoms with van der Waals surface area (Å²) in [4.78, 5) is 13.3. The molecule has 0 aliphatic heterocycles. The third-order valence-electron chi connectivity index (χ3n) is 4.69. The molecular weight excluding hydrogens is 416 g/mol. The van der Waals surface area contributed by atoms with E-state index in [0.29, 0.717) is 45.0 Å². The van der Waals surface area contributed by atoms with Crippen LogP contribution in [-0.2, 0) is 4.74 Å². The zero-order valence-corrected chi connectivity index (χ0v) is 18.3. The number of aliphatic hydroxyl groups is 1. The summed E-state index contributed by atoms with van der Waals surface area (Å²) in [6, 6.07) is 6.62. The van der Waals surface area contributed by atoms with E-state index in [1.807, 2.05) is 0 Å². The lowest BCUT2D eigenvalue weighted by Crippen LogP contribution is -2.05. The monoisotopic (exact) mass is 440 g/mol. The first-order chi connectivity index (χ1) is 15.6. The minimum absolute atomic E-state index is 0.0759. The lowest BCUT2D eigenvalue weighted by Gasteiger charge is -2.13. The van der Waals surface area contributed by atoms with Crippen LogP contribution < -0.4 is 18.9 Å². The number of fused-ring (bicyclic) bond motifs is 1. The number of ketones is 1. The molecule has 1 heterocycles. The van der Waals surface area contributed by atoms with Crippen LogP contribution in [0.3, 0.4) is 0 Å². The Hall–Kier alpha value is -3.74. The molecule has 0 saturated carbocycles. The smallest absolute Gasteiger partial charge is 0.214 e. The molecule has 3 rings (SSSR count). The van der Waals surface area contributed by atoms with E-state index in [0.717, 1.165) is 0 Å². The van der Waals surface area contributed by atoms with Gasteiger partial charge in [0.25, 0.3) is 0 Å². The predicted octanol–water partition coefficient (Wildman–Crippen LogP) is 2.19. The molecule has 168 valence electrons. The molecule has 0 fully saturated rings. The van der Waals surface area contributed by atoms with Crippen molar-refractivity contribution in [3.63, 3.8) is 0 Å². The third kappa shape index (κ3) is 4.46. The first-order valence-electron chi connectivity index (χ1n) is 9.66. The second-order valence-corrected chi connectivity index (χ2v) is 6.46. The molecule has 0 atom stereocenters. The molecule has 32 heavy (non-hydrogen) atoms. The number of aromatic nitrogens is 2. The van der Waals surface area contributed by atoms with Crippen molar-refractivity contribution in [1.82, 2.24) is 10.2 Å². The van der Waals surface area contributed by atoms with Gasteiger partial charge in [-0.15, -0.1) is 0 Å². The van der Waals surface area contributed by atoms with Gasteiger partial charge in [-0.1, -0.05) is 11.8 Å². The Morgan fingerprint density at radius 2 is 1.72 bits per heavy atom. The summed E-state index contributed by atoms with van der Waals surface area (Å²) >= 11 is 0. The van der Waals surface area contributed by atoms with Crippen LogP contribution in [0.2, 0.25) is 0 Å². The highest BCUT2D eigenvalue weighted by Gasteiger charge is 2.23. The van der Waals surface area contributed by atoms with Gasteiger partial charge >= 0.3 is 0 Å². The quantitative estimate of drug-likeness (QED) is 0.296. The van der Waals surface area contributed by atoms with Crippen LogP contribution in [0.15, 0.2) is 24.3 Å². The molecule has 1 aromatic heterocycles. The van der Waals surface area contributed by atoms with Crippen LogP contribution in [0.4, 0.5) is 0 Å².